The van der Waals surface area contributed by atoms with Gasteiger partial charge in [-0.3, -0.25) is 4.90 Å². The van der Waals surface area contributed by atoms with E-state index in [1.165, 1.54) is 12.8 Å². The molecule has 1 unspecified atom stereocenters. The first-order chi connectivity index (χ1) is 6.77. The van der Waals surface area contributed by atoms with Gasteiger partial charge < -0.3 is 15.6 Å². The van der Waals surface area contributed by atoms with Gasteiger partial charge >= 0.3 is 0 Å². The molecule has 1 rings (SSSR count). The molecular weight excluding hydrogens is 180 g/mol. The third kappa shape index (κ3) is 4.37. The molecule has 1 aliphatic rings. The van der Waals surface area contributed by atoms with Gasteiger partial charge in [-0.25, -0.2) is 0 Å². The smallest absolute Gasteiger partial charge is 0.0589 e. The number of aliphatic hydroxyl groups is 1. The number of hydrogen-bond acceptors (Lipinski definition) is 4. The molecule has 1 aliphatic carbocycles. The Morgan fingerprint density at radius 2 is 2.29 bits per heavy atom. The van der Waals surface area contributed by atoms with Gasteiger partial charge in [0.1, 0.15) is 0 Å². The van der Waals surface area contributed by atoms with Crippen LogP contribution in [0.15, 0.2) is 0 Å². The van der Waals surface area contributed by atoms with E-state index in [-0.39, 0.29) is 12.6 Å². The summed E-state index contributed by atoms with van der Waals surface area (Å²) in [6.07, 6.45) is 3.27. The summed E-state index contributed by atoms with van der Waals surface area (Å²) >= 11 is 0. The first-order valence-corrected chi connectivity index (χ1v) is 5.37. The zero-order chi connectivity index (χ0) is 10.4. The molecule has 0 aromatic heterocycles. The maximum absolute atomic E-state index is 8.76. The van der Waals surface area contributed by atoms with Gasteiger partial charge in [0.05, 0.1) is 6.61 Å². The van der Waals surface area contributed by atoms with E-state index in [1.807, 2.05) is 0 Å². The quantitative estimate of drug-likeness (QED) is 0.572. The number of ether oxygens (including phenoxy) is 1. The van der Waals surface area contributed by atoms with Crippen LogP contribution >= 0.6 is 0 Å². The van der Waals surface area contributed by atoms with Gasteiger partial charge in [-0.1, -0.05) is 0 Å². The van der Waals surface area contributed by atoms with E-state index in [4.69, 9.17) is 15.6 Å². The zero-order valence-electron chi connectivity index (χ0n) is 8.98. The van der Waals surface area contributed by atoms with Crippen molar-refractivity contribution in [2.24, 2.45) is 5.73 Å². The van der Waals surface area contributed by atoms with Crippen molar-refractivity contribution in [3.8, 4) is 0 Å². The highest BCUT2D eigenvalue weighted by Crippen LogP contribution is 2.26. The molecule has 4 nitrogen and oxygen atoms in total. The fourth-order valence-electron chi connectivity index (χ4n) is 1.63. The van der Waals surface area contributed by atoms with Gasteiger partial charge in [-0.15, -0.1) is 0 Å². The SMILES string of the molecule is COCCN(CC(N)CCO)C1CC1. The molecule has 0 amide bonds. The maximum Gasteiger partial charge on any atom is 0.0589 e. The van der Waals surface area contributed by atoms with Crippen molar-refractivity contribution in [1.82, 2.24) is 4.90 Å². The van der Waals surface area contributed by atoms with Crippen LogP contribution in [0.1, 0.15) is 19.3 Å². The summed E-state index contributed by atoms with van der Waals surface area (Å²) in [7, 11) is 1.72. The molecule has 1 saturated carbocycles. The van der Waals surface area contributed by atoms with Crippen molar-refractivity contribution < 1.29 is 9.84 Å². The Morgan fingerprint density at radius 3 is 2.79 bits per heavy atom. The molecule has 0 radical (unpaired) electrons. The lowest BCUT2D eigenvalue weighted by Gasteiger charge is -2.24. The van der Waals surface area contributed by atoms with Crippen LogP contribution in [0.4, 0.5) is 0 Å². The third-order valence-corrected chi connectivity index (χ3v) is 2.61. The molecule has 0 bridgehead atoms. The number of nitrogens with zero attached hydrogens (tertiary/aromatic N) is 1. The van der Waals surface area contributed by atoms with Gasteiger partial charge in [-0.2, -0.15) is 0 Å². The van der Waals surface area contributed by atoms with E-state index in [2.05, 4.69) is 4.90 Å². The highest BCUT2D eigenvalue weighted by molar-refractivity contribution is 4.86. The largest absolute Gasteiger partial charge is 0.396 e. The number of aliphatic hydroxyl groups excluding tert-OH is 1. The van der Waals surface area contributed by atoms with Crippen molar-refractivity contribution in [2.75, 3.05) is 33.4 Å². The molecule has 0 spiro atoms. The monoisotopic (exact) mass is 202 g/mol. The van der Waals surface area contributed by atoms with Gasteiger partial charge in [0.25, 0.3) is 0 Å². The molecule has 0 heterocycles. The van der Waals surface area contributed by atoms with Crippen LogP contribution in [-0.4, -0.2) is 55.5 Å². The predicted octanol–water partition coefficient (Wildman–Crippen LogP) is -0.193. The number of hydrogen-bond donors (Lipinski definition) is 2. The van der Waals surface area contributed by atoms with E-state index in [0.29, 0.717) is 6.42 Å². The summed E-state index contributed by atoms with van der Waals surface area (Å²) in [6, 6.07) is 0.812. The lowest BCUT2D eigenvalue weighted by atomic mass is 10.2. The number of methoxy groups -OCH3 is 1. The molecular formula is C10H22N2O2. The highest BCUT2D eigenvalue weighted by Gasteiger charge is 2.29. The van der Waals surface area contributed by atoms with Crippen LogP contribution in [0.3, 0.4) is 0 Å². The van der Waals surface area contributed by atoms with Crippen LogP contribution in [0, 0.1) is 0 Å². The van der Waals surface area contributed by atoms with E-state index in [1.54, 1.807) is 7.11 Å². The van der Waals surface area contributed by atoms with Crippen LogP contribution in [0.2, 0.25) is 0 Å². The summed E-state index contributed by atoms with van der Waals surface area (Å²) in [5.74, 6) is 0. The minimum absolute atomic E-state index is 0.0949. The van der Waals surface area contributed by atoms with E-state index in [0.717, 1.165) is 25.7 Å². The summed E-state index contributed by atoms with van der Waals surface area (Å²) in [6.45, 7) is 2.79. The third-order valence-electron chi connectivity index (χ3n) is 2.61. The van der Waals surface area contributed by atoms with Crippen LogP contribution < -0.4 is 5.73 Å². The molecule has 1 atom stereocenters. The average Bonchev–Trinajstić information content (AvgIpc) is 2.95. The van der Waals surface area contributed by atoms with Crippen molar-refractivity contribution >= 4 is 0 Å². The summed E-state index contributed by atoms with van der Waals surface area (Å²) in [5, 5.41) is 8.76. The second-order valence-corrected chi connectivity index (χ2v) is 3.99. The van der Waals surface area contributed by atoms with Crippen LogP contribution in [-0.2, 0) is 4.74 Å². The fourth-order valence-corrected chi connectivity index (χ4v) is 1.63. The van der Waals surface area contributed by atoms with E-state index < -0.39 is 0 Å². The molecule has 84 valence electrons. The van der Waals surface area contributed by atoms with E-state index in [9.17, 15) is 0 Å². The number of rotatable bonds is 8. The lowest BCUT2D eigenvalue weighted by molar-refractivity contribution is 0.136. The topological polar surface area (TPSA) is 58.7 Å². The van der Waals surface area contributed by atoms with Crippen molar-refractivity contribution in [2.45, 2.75) is 31.3 Å². The zero-order valence-corrected chi connectivity index (χ0v) is 8.98. The molecule has 0 aromatic carbocycles. The van der Waals surface area contributed by atoms with Gasteiger partial charge in [0, 0.05) is 38.9 Å². The van der Waals surface area contributed by atoms with Crippen LogP contribution in [0.5, 0.6) is 0 Å². The van der Waals surface area contributed by atoms with Crippen molar-refractivity contribution in [1.29, 1.82) is 0 Å². The Labute approximate surface area is 86.0 Å². The average molecular weight is 202 g/mol. The molecule has 14 heavy (non-hydrogen) atoms. The lowest BCUT2D eigenvalue weighted by Crippen LogP contribution is -2.40. The van der Waals surface area contributed by atoms with Gasteiger partial charge in [0.2, 0.25) is 0 Å². The number of nitrogens with two attached hydrogens (primary N) is 1. The van der Waals surface area contributed by atoms with Gasteiger partial charge in [-0.05, 0) is 19.3 Å². The molecule has 3 N–H and O–H groups in total. The van der Waals surface area contributed by atoms with Crippen molar-refractivity contribution in [3.63, 3.8) is 0 Å². The predicted molar refractivity (Wildman–Crippen MR) is 56.1 cm³/mol. The fraction of sp³-hybridized carbons (Fsp3) is 1.00. The summed E-state index contributed by atoms with van der Waals surface area (Å²) in [5.41, 5.74) is 5.88. The van der Waals surface area contributed by atoms with E-state index >= 15 is 0 Å². The second kappa shape index (κ2) is 6.35. The van der Waals surface area contributed by atoms with Crippen LogP contribution in [0.25, 0.3) is 0 Å². The Morgan fingerprint density at radius 1 is 1.57 bits per heavy atom. The van der Waals surface area contributed by atoms with Gasteiger partial charge in [0.15, 0.2) is 0 Å². The second-order valence-electron chi connectivity index (χ2n) is 3.99. The molecule has 4 heteroatoms. The Balaban J connectivity index is 2.20. The molecule has 1 fully saturated rings. The minimum atomic E-state index is 0.0949. The molecule has 0 aromatic rings. The minimum Gasteiger partial charge on any atom is -0.396 e. The summed E-state index contributed by atoms with van der Waals surface area (Å²) in [4.78, 5) is 2.38. The standard InChI is InChI=1S/C10H22N2O2/c1-14-7-5-12(10-2-3-10)8-9(11)4-6-13/h9-10,13H,2-8,11H2,1H3. The summed E-state index contributed by atoms with van der Waals surface area (Å²) < 4.78 is 5.06. The highest BCUT2D eigenvalue weighted by atomic mass is 16.5. The first kappa shape index (κ1) is 11.9. The molecule has 0 aliphatic heterocycles. The normalized spacial score (nSPS) is 18.9. The Bertz CT molecular complexity index is 151. The Kier molecular flexibility index (Phi) is 5.40. The molecule has 0 saturated heterocycles. The maximum atomic E-state index is 8.76. The van der Waals surface area contributed by atoms with Crippen molar-refractivity contribution in [3.05, 3.63) is 0 Å². The first-order valence-electron chi connectivity index (χ1n) is 5.37. The Hall–Kier alpha value is -0.160.